The topological polar surface area (TPSA) is 64.3 Å². The monoisotopic (exact) mass is 300 g/mol. The minimum Gasteiger partial charge on any atom is -0.493 e. The van der Waals surface area contributed by atoms with Gasteiger partial charge in [0.05, 0.1) is 13.0 Å². The first-order valence-electron chi connectivity index (χ1n) is 6.72. The fourth-order valence-corrected chi connectivity index (χ4v) is 1.54. The summed E-state index contributed by atoms with van der Waals surface area (Å²) in [6.45, 7) is 7.26. The minimum atomic E-state index is -0.00574. The van der Waals surface area contributed by atoms with Gasteiger partial charge in [-0.05, 0) is 30.5 Å². The van der Waals surface area contributed by atoms with Gasteiger partial charge in [-0.25, -0.2) is 0 Å². The lowest BCUT2D eigenvalue weighted by molar-refractivity contribution is -0.120. The van der Waals surface area contributed by atoms with Crippen molar-refractivity contribution in [2.45, 2.75) is 33.2 Å². The molecule has 0 aliphatic heterocycles. The Kier molecular flexibility index (Phi) is 9.01. The van der Waals surface area contributed by atoms with Gasteiger partial charge >= 0.3 is 0 Å². The predicted molar refractivity (Wildman–Crippen MR) is 84.4 cm³/mol. The average molecular weight is 301 g/mol. The van der Waals surface area contributed by atoms with Crippen LogP contribution in [-0.4, -0.2) is 25.1 Å². The third-order valence-corrected chi connectivity index (χ3v) is 2.63. The second-order valence-electron chi connectivity index (χ2n) is 5.23. The Bertz CT molecular complexity index is 393. The van der Waals surface area contributed by atoms with E-state index in [1.807, 2.05) is 31.2 Å². The summed E-state index contributed by atoms with van der Waals surface area (Å²) < 4.78 is 5.59. The number of carbonyl (C=O) groups excluding carboxylic acids is 1. The fourth-order valence-electron chi connectivity index (χ4n) is 1.54. The summed E-state index contributed by atoms with van der Waals surface area (Å²) in [5, 5.41) is 2.84. The summed E-state index contributed by atoms with van der Waals surface area (Å²) in [4.78, 5) is 11.7. The van der Waals surface area contributed by atoms with E-state index in [1.54, 1.807) is 0 Å². The summed E-state index contributed by atoms with van der Waals surface area (Å²) in [6, 6.07) is 7.65. The summed E-state index contributed by atoms with van der Waals surface area (Å²) >= 11 is 0. The molecule has 0 unspecified atom stereocenters. The molecule has 20 heavy (non-hydrogen) atoms. The predicted octanol–water partition coefficient (Wildman–Crippen LogP) is 2.15. The average Bonchev–Trinajstić information content (AvgIpc) is 2.37. The lowest BCUT2D eigenvalue weighted by Gasteiger charge is -2.12. The van der Waals surface area contributed by atoms with Crippen LogP contribution in [0.5, 0.6) is 5.75 Å². The van der Waals surface area contributed by atoms with E-state index in [9.17, 15) is 4.79 Å². The van der Waals surface area contributed by atoms with E-state index in [0.717, 1.165) is 11.3 Å². The Hall–Kier alpha value is -1.26. The molecule has 114 valence electrons. The number of nitrogens with two attached hydrogens (primary N) is 1. The number of amides is 1. The number of ether oxygens (including phenoxy) is 1. The molecule has 0 radical (unpaired) electrons. The molecule has 5 heteroatoms. The van der Waals surface area contributed by atoms with Gasteiger partial charge in [0.25, 0.3) is 0 Å². The SMILES string of the molecule is CC(C)COc1ccc(CC(=O)N[C@@H](C)CN)cc1.Cl. The van der Waals surface area contributed by atoms with Crippen molar-refractivity contribution in [2.24, 2.45) is 11.7 Å². The minimum absolute atomic E-state index is 0. The molecule has 0 saturated carbocycles. The molecule has 0 aromatic heterocycles. The van der Waals surface area contributed by atoms with Crippen LogP contribution in [0.3, 0.4) is 0 Å². The second-order valence-corrected chi connectivity index (χ2v) is 5.23. The van der Waals surface area contributed by atoms with Crippen molar-refractivity contribution >= 4 is 18.3 Å². The van der Waals surface area contributed by atoms with Crippen molar-refractivity contribution in [3.05, 3.63) is 29.8 Å². The van der Waals surface area contributed by atoms with E-state index in [-0.39, 0.29) is 24.4 Å². The molecule has 1 amide bonds. The standard InChI is InChI=1S/C15H24N2O2.ClH/c1-11(2)10-19-14-6-4-13(5-7-14)8-15(18)17-12(3)9-16;/h4-7,11-12H,8-10,16H2,1-3H3,(H,17,18);1H/t12-;/m0./s1. The molecule has 0 aliphatic rings. The number of nitrogens with one attached hydrogen (secondary N) is 1. The van der Waals surface area contributed by atoms with E-state index in [0.29, 0.717) is 25.5 Å². The number of carbonyl (C=O) groups is 1. The first-order valence-corrected chi connectivity index (χ1v) is 6.72. The molecule has 0 saturated heterocycles. The van der Waals surface area contributed by atoms with Crippen LogP contribution in [0.15, 0.2) is 24.3 Å². The summed E-state index contributed by atoms with van der Waals surface area (Å²) in [5.74, 6) is 1.34. The highest BCUT2D eigenvalue weighted by atomic mass is 35.5. The first kappa shape index (κ1) is 18.7. The van der Waals surface area contributed by atoms with Gasteiger partial charge in [0.2, 0.25) is 5.91 Å². The van der Waals surface area contributed by atoms with E-state index in [4.69, 9.17) is 10.5 Å². The maximum Gasteiger partial charge on any atom is 0.224 e. The third kappa shape index (κ3) is 7.36. The van der Waals surface area contributed by atoms with Gasteiger partial charge in [-0.2, -0.15) is 0 Å². The highest BCUT2D eigenvalue weighted by Crippen LogP contribution is 2.13. The quantitative estimate of drug-likeness (QED) is 0.811. The molecule has 0 heterocycles. The maximum absolute atomic E-state index is 11.7. The zero-order valence-electron chi connectivity index (χ0n) is 12.4. The zero-order valence-corrected chi connectivity index (χ0v) is 13.2. The second kappa shape index (κ2) is 9.61. The van der Waals surface area contributed by atoms with Crippen molar-refractivity contribution in [1.82, 2.24) is 5.32 Å². The highest BCUT2D eigenvalue weighted by Gasteiger charge is 2.07. The zero-order chi connectivity index (χ0) is 14.3. The molecule has 0 aliphatic carbocycles. The molecule has 1 aromatic carbocycles. The molecular weight excluding hydrogens is 276 g/mol. The van der Waals surface area contributed by atoms with Crippen LogP contribution in [0, 0.1) is 5.92 Å². The van der Waals surface area contributed by atoms with Gasteiger partial charge in [-0.15, -0.1) is 12.4 Å². The van der Waals surface area contributed by atoms with Crippen LogP contribution < -0.4 is 15.8 Å². The summed E-state index contributed by atoms with van der Waals surface area (Å²) in [7, 11) is 0. The lowest BCUT2D eigenvalue weighted by atomic mass is 10.1. The van der Waals surface area contributed by atoms with Gasteiger partial charge in [0.1, 0.15) is 5.75 Å². The van der Waals surface area contributed by atoms with Crippen molar-refractivity contribution in [3.8, 4) is 5.75 Å². The number of hydrogen-bond acceptors (Lipinski definition) is 3. The van der Waals surface area contributed by atoms with Crippen LogP contribution in [-0.2, 0) is 11.2 Å². The Morgan fingerprint density at radius 2 is 1.85 bits per heavy atom. The van der Waals surface area contributed by atoms with E-state index in [1.165, 1.54) is 0 Å². The molecule has 3 N–H and O–H groups in total. The molecule has 0 fully saturated rings. The Morgan fingerprint density at radius 1 is 1.25 bits per heavy atom. The molecule has 0 bridgehead atoms. The normalized spacial score (nSPS) is 11.7. The van der Waals surface area contributed by atoms with Crippen LogP contribution in [0.4, 0.5) is 0 Å². The Morgan fingerprint density at radius 3 is 2.35 bits per heavy atom. The Labute approximate surface area is 127 Å². The van der Waals surface area contributed by atoms with E-state index < -0.39 is 0 Å². The van der Waals surface area contributed by atoms with Crippen molar-refractivity contribution in [1.29, 1.82) is 0 Å². The number of benzene rings is 1. The van der Waals surface area contributed by atoms with Gasteiger partial charge in [0.15, 0.2) is 0 Å². The summed E-state index contributed by atoms with van der Waals surface area (Å²) in [6.07, 6.45) is 0.370. The molecule has 4 nitrogen and oxygen atoms in total. The van der Waals surface area contributed by atoms with Crippen LogP contribution >= 0.6 is 12.4 Å². The van der Waals surface area contributed by atoms with Crippen molar-refractivity contribution in [2.75, 3.05) is 13.2 Å². The highest BCUT2D eigenvalue weighted by molar-refractivity contribution is 5.85. The number of halogens is 1. The van der Waals surface area contributed by atoms with Gasteiger partial charge in [-0.3, -0.25) is 4.79 Å². The molecule has 1 rings (SSSR count). The molecule has 1 atom stereocenters. The number of hydrogen-bond donors (Lipinski definition) is 2. The first-order chi connectivity index (χ1) is 9.01. The molecular formula is C15H25ClN2O2. The van der Waals surface area contributed by atoms with Crippen molar-refractivity contribution < 1.29 is 9.53 Å². The fraction of sp³-hybridized carbons (Fsp3) is 0.533. The number of rotatable bonds is 7. The van der Waals surface area contributed by atoms with Gasteiger partial charge in [0, 0.05) is 12.6 Å². The van der Waals surface area contributed by atoms with Gasteiger partial charge < -0.3 is 15.8 Å². The Balaban J connectivity index is 0.00000361. The summed E-state index contributed by atoms with van der Waals surface area (Å²) in [5.41, 5.74) is 6.43. The largest absolute Gasteiger partial charge is 0.493 e. The van der Waals surface area contributed by atoms with Gasteiger partial charge in [-0.1, -0.05) is 26.0 Å². The van der Waals surface area contributed by atoms with E-state index in [2.05, 4.69) is 19.2 Å². The van der Waals surface area contributed by atoms with Crippen LogP contribution in [0.2, 0.25) is 0 Å². The maximum atomic E-state index is 11.7. The van der Waals surface area contributed by atoms with Crippen LogP contribution in [0.25, 0.3) is 0 Å². The molecule has 0 spiro atoms. The molecule has 1 aromatic rings. The lowest BCUT2D eigenvalue weighted by Crippen LogP contribution is -2.38. The van der Waals surface area contributed by atoms with Crippen LogP contribution in [0.1, 0.15) is 26.3 Å². The van der Waals surface area contributed by atoms with E-state index >= 15 is 0 Å². The smallest absolute Gasteiger partial charge is 0.224 e. The third-order valence-electron chi connectivity index (χ3n) is 2.63. The van der Waals surface area contributed by atoms with Crippen molar-refractivity contribution in [3.63, 3.8) is 0 Å².